The van der Waals surface area contributed by atoms with Gasteiger partial charge in [-0.2, -0.15) is 15.0 Å². The molecule has 8 nitrogen and oxygen atoms in total. The third-order valence-corrected chi connectivity index (χ3v) is 4.79. The van der Waals surface area contributed by atoms with Gasteiger partial charge < -0.3 is 15.2 Å². The van der Waals surface area contributed by atoms with E-state index in [-0.39, 0.29) is 11.2 Å². The predicted molar refractivity (Wildman–Crippen MR) is 90.5 cm³/mol. The van der Waals surface area contributed by atoms with E-state index in [1.165, 1.54) is 12.8 Å². The van der Waals surface area contributed by atoms with Crippen molar-refractivity contribution >= 4 is 23.7 Å². The zero-order valence-electron chi connectivity index (χ0n) is 13.9. The van der Waals surface area contributed by atoms with Crippen molar-refractivity contribution in [2.24, 2.45) is 0 Å². The lowest BCUT2D eigenvalue weighted by Gasteiger charge is -2.15. The molecule has 0 bridgehead atoms. The van der Waals surface area contributed by atoms with E-state index in [1.54, 1.807) is 11.8 Å². The number of anilines is 2. The molecular formula is C14H22N8S. The van der Waals surface area contributed by atoms with Gasteiger partial charge in [0.1, 0.15) is 11.6 Å². The van der Waals surface area contributed by atoms with Crippen molar-refractivity contribution < 1.29 is 0 Å². The Morgan fingerprint density at radius 2 is 2.00 bits per heavy atom. The molecule has 0 amide bonds. The second kappa shape index (κ2) is 6.31. The summed E-state index contributed by atoms with van der Waals surface area (Å²) in [7, 11) is 3.76. The van der Waals surface area contributed by atoms with E-state index in [0.29, 0.717) is 17.7 Å². The second-order valence-corrected chi connectivity index (χ2v) is 7.17. The Morgan fingerprint density at radius 1 is 1.26 bits per heavy atom. The SMILES string of the molecule is CCn1c(S[C@@H](C)c2nc(N)nc(N(C)C)n2)nnc1C1CC1. The molecule has 9 heteroatoms. The molecule has 1 fully saturated rings. The lowest BCUT2D eigenvalue weighted by molar-refractivity contribution is 0.642. The predicted octanol–water partition coefficient (Wildman–Crippen LogP) is 1.86. The Hall–Kier alpha value is -1.90. The van der Waals surface area contributed by atoms with E-state index in [2.05, 4.69) is 36.6 Å². The van der Waals surface area contributed by atoms with Gasteiger partial charge in [0.05, 0.1) is 5.25 Å². The molecule has 1 aliphatic rings. The number of nitrogens with zero attached hydrogens (tertiary/aromatic N) is 7. The lowest BCUT2D eigenvalue weighted by Crippen LogP contribution is -2.16. The molecule has 0 saturated heterocycles. The van der Waals surface area contributed by atoms with Crippen molar-refractivity contribution in [3.05, 3.63) is 11.6 Å². The van der Waals surface area contributed by atoms with E-state index in [4.69, 9.17) is 5.73 Å². The zero-order chi connectivity index (χ0) is 16.6. The van der Waals surface area contributed by atoms with E-state index < -0.39 is 0 Å². The van der Waals surface area contributed by atoms with Crippen LogP contribution >= 0.6 is 11.8 Å². The van der Waals surface area contributed by atoms with Crippen molar-refractivity contribution in [1.82, 2.24) is 29.7 Å². The van der Waals surface area contributed by atoms with Crippen LogP contribution in [-0.2, 0) is 6.54 Å². The molecular weight excluding hydrogens is 312 g/mol. The van der Waals surface area contributed by atoms with E-state index in [9.17, 15) is 0 Å². The van der Waals surface area contributed by atoms with Gasteiger partial charge in [0.25, 0.3) is 0 Å². The fraction of sp³-hybridized carbons (Fsp3) is 0.643. The Morgan fingerprint density at radius 3 is 2.61 bits per heavy atom. The van der Waals surface area contributed by atoms with Crippen LogP contribution in [0.1, 0.15) is 49.5 Å². The third-order valence-electron chi connectivity index (χ3n) is 3.71. The first-order chi connectivity index (χ1) is 11.0. The average Bonchev–Trinajstić information content (AvgIpc) is 3.28. The van der Waals surface area contributed by atoms with Crippen LogP contribution in [0.2, 0.25) is 0 Å². The number of hydrogen-bond acceptors (Lipinski definition) is 8. The Kier molecular flexibility index (Phi) is 4.38. The van der Waals surface area contributed by atoms with Crippen LogP contribution in [-0.4, -0.2) is 43.8 Å². The first-order valence-electron chi connectivity index (χ1n) is 7.78. The molecule has 2 heterocycles. The first kappa shape index (κ1) is 16.0. The van der Waals surface area contributed by atoms with Crippen LogP contribution in [0.25, 0.3) is 0 Å². The third kappa shape index (κ3) is 3.39. The van der Waals surface area contributed by atoms with Gasteiger partial charge in [0, 0.05) is 26.6 Å². The normalized spacial score (nSPS) is 15.7. The summed E-state index contributed by atoms with van der Waals surface area (Å²) in [5, 5.41) is 9.65. The summed E-state index contributed by atoms with van der Waals surface area (Å²) in [4.78, 5) is 14.7. The molecule has 0 spiro atoms. The molecule has 2 aromatic heterocycles. The van der Waals surface area contributed by atoms with Crippen LogP contribution in [0.4, 0.5) is 11.9 Å². The maximum Gasteiger partial charge on any atom is 0.229 e. The molecule has 1 aliphatic carbocycles. The molecule has 23 heavy (non-hydrogen) atoms. The summed E-state index contributed by atoms with van der Waals surface area (Å²) in [5.41, 5.74) is 5.81. The van der Waals surface area contributed by atoms with Crippen molar-refractivity contribution in [2.75, 3.05) is 24.7 Å². The highest BCUT2D eigenvalue weighted by molar-refractivity contribution is 7.99. The number of thioether (sulfide) groups is 1. The van der Waals surface area contributed by atoms with E-state index in [0.717, 1.165) is 17.5 Å². The molecule has 0 radical (unpaired) electrons. The van der Waals surface area contributed by atoms with Crippen molar-refractivity contribution in [3.63, 3.8) is 0 Å². The molecule has 3 rings (SSSR count). The quantitative estimate of drug-likeness (QED) is 0.799. The molecule has 1 atom stereocenters. The van der Waals surface area contributed by atoms with E-state index in [1.807, 2.05) is 25.9 Å². The van der Waals surface area contributed by atoms with Gasteiger partial charge in [0.15, 0.2) is 5.16 Å². The smallest absolute Gasteiger partial charge is 0.229 e. The highest BCUT2D eigenvalue weighted by atomic mass is 32.2. The van der Waals surface area contributed by atoms with Gasteiger partial charge >= 0.3 is 0 Å². The van der Waals surface area contributed by atoms with Crippen LogP contribution in [0.5, 0.6) is 0 Å². The van der Waals surface area contributed by atoms with Gasteiger partial charge in [0.2, 0.25) is 11.9 Å². The number of nitrogen functional groups attached to an aromatic ring is 1. The summed E-state index contributed by atoms with van der Waals surface area (Å²) < 4.78 is 2.19. The molecule has 0 aromatic carbocycles. The molecule has 2 N–H and O–H groups in total. The van der Waals surface area contributed by atoms with Gasteiger partial charge in [-0.1, -0.05) is 11.8 Å². The summed E-state index contributed by atoms with van der Waals surface area (Å²) in [6, 6.07) is 0. The monoisotopic (exact) mass is 334 g/mol. The topological polar surface area (TPSA) is 98.6 Å². The fourth-order valence-corrected chi connectivity index (χ4v) is 3.28. The summed E-state index contributed by atoms with van der Waals surface area (Å²) in [6.07, 6.45) is 2.43. The van der Waals surface area contributed by atoms with Crippen molar-refractivity contribution in [1.29, 1.82) is 0 Å². The first-order valence-corrected chi connectivity index (χ1v) is 8.66. The van der Waals surface area contributed by atoms with Crippen molar-refractivity contribution in [2.45, 2.75) is 49.6 Å². The summed E-state index contributed by atoms with van der Waals surface area (Å²) in [5.74, 6) is 3.15. The molecule has 124 valence electrons. The molecule has 2 aromatic rings. The summed E-state index contributed by atoms with van der Waals surface area (Å²) >= 11 is 1.61. The van der Waals surface area contributed by atoms with Gasteiger partial charge in [-0.25, -0.2) is 0 Å². The van der Waals surface area contributed by atoms with Crippen molar-refractivity contribution in [3.8, 4) is 0 Å². The Balaban J connectivity index is 1.83. The van der Waals surface area contributed by atoms with Gasteiger partial charge in [-0.15, -0.1) is 10.2 Å². The maximum atomic E-state index is 5.81. The highest BCUT2D eigenvalue weighted by Gasteiger charge is 2.30. The Bertz CT molecular complexity index is 694. The lowest BCUT2D eigenvalue weighted by atomic mass is 10.4. The minimum Gasteiger partial charge on any atom is -0.368 e. The molecule has 0 aliphatic heterocycles. The van der Waals surface area contributed by atoms with Gasteiger partial charge in [-0.05, 0) is 26.7 Å². The minimum atomic E-state index is 0.0144. The van der Waals surface area contributed by atoms with Crippen LogP contribution in [0, 0.1) is 0 Å². The standard InChI is InChI=1S/C14H22N8S/c1-5-22-11(9-6-7-9)19-20-14(22)23-8(2)10-16-12(15)18-13(17-10)21(3)4/h8-9H,5-7H2,1-4H3,(H2,15,16,17,18)/t8-/m0/s1. The van der Waals surface area contributed by atoms with Crippen LogP contribution < -0.4 is 10.6 Å². The number of nitrogens with two attached hydrogens (primary N) is 1. The minimum absolute atomic E-state index is 0.0144. The molecule has 1 saturated carbocycles. The maximum absolute atomic E-state index is 5.81. The zero-order valence-corrected chi connectivity index (χ0v) is 14.7. The number of hydrogen-bond donors (Lipinski definition) is 1. The fourth-order valence-electron chi connectivity index (χ4n) is 2.32. The van der Waals surface area contributed by atoms with Crippen LogP contribution in [0.15, 0.2) is 5.16 Å². The van der Waals surface area contributed by atoms with E-state index >= 15 is 0 Å². The van der Waals surface area contributed by atoms with Crippen LogP contribution in [0.3, 0.4) is 0 Å². The van der Waals surface area contributed by atoms with Gasteiger partial charge in [-0.3, -0.25) is 0 Å². The Labute approximate surface area is 139 Å². The second-order valence-electron chi connectivity index (χ2n) is 5.87. The number of aromatic nitrogens is 6. The molecule has 0 unspecified atom stereocenters. The average molecular weight is 334 g/mol. The highest BCUT2D eigenvalue weighted by Crippen LogP contribution is 2.41. The summed E-state index contributed by atoms with van der Waals surface area (Å²) in [6.45, 7) is 5.04. The number of rotatable bonds is 6. The largest absolute Gasteiger partial charge is 0.368 e.